The minimum Gasteiger partial charge on any atom is -0.374 e. The molecule has 18 heavy (non-hydrogen) atoms. The Labute approximate surface area is 111 Å². The van der Waals surface area contributed by atoms with Crippen LogP contribution >= 0.6 is 11.3 Å². The van der Waals surface area contributed by atoms with Crippen LogP contribution in [0.5, 0.6) is 0 Å². The summed E-state index contributed by atoms with van der Waals surface area (Å²) < 4.78 is 0. The predicted octanol–water partition coefficient (Wildman–Crippen LogP) is 3.15. The highest BCUT2D eigenvalue weighted by atomic mass is 32.1. The average molecular weight is 259 g/mol. The number of anilines is 2. The Morgan fingerprint density at radius 2 is 2.22 bits per heavy atom. The van der Waals surface area contributed by atoms with Crippen LogP contribution in [0.1, 0.15) is 10.4 Å². The number of hydrogen-bond donors (Lipinski definition) is 1. The van der Waals surface area contributed by atoms with Gasteiger partial charge in [0.05, 0.1) is 5.69 Å². The topological polar surface area (TPSA) is 28.2 Å². The first-order valence-electron chi connectivity index (χ1n) is 6.18. The van der Waals surface area contributed by atoms with Gasteiger partial charge in [0.15, 0.2) is 5.13 Å². The van der Waals surface area contributed by atoms with Crippen LogP contribution in [0.3, 0.4) is 0 Å². The maximum atomic E-state index is 4.64. The molecule has 0 unspecified atom stereocenters. The predicted molar refractivity (Wildman–Crippen MR) is 78.8 cm³/mol. The number of likely N-dealkylation sites (N-methyl/N-ethyl adjacent to an activating group) is 1. The van der Waals surface area contributed by atoms with Crippen LogP contribution in [0.15, 0.2) is 18.2 Å². The minimum atomic E-state index is 0.986. The molecule has 1 aliphatic heterocycles. The fraction of sp³-hybridized carbons (Fsp3) is 0.357. The Morgan fingerprint density at radius 1 is 1.39 bits per heavy atom. The summed E-state index contributed by atoms with van der Waals surface area (Å²) in [5.74, 6) is 0. The van der Waals surface area contributed by atoms with E-state index in [0.717, 1.165) is 23.8 Å². The second kappa shape index (κ2) is 4.28. The van der Waals surface area contributed by atoms with E-state index >= 15 is 0 Å². The highest BCUT2D eigenvalue weighted by Crippen LogP contribution is 2.34. The molecule has 0 amide bonds. The summed E-state index contributed by atoms with van der Waals surface area (Å²) in [6.45, 7) is 3.25. The summed E-state index contributed by atoms with van der Waals surface area (Å²) in [6.07, 6.45) is 1.14. The van der Waals surface area contributed by atoms with E-state index in [-0.39, 0.29) is 0 Å². The summed E-state index contributed by atoms with van der Waals surface area (Å²) in [6, 6.07) is 6.69. The summed E-state index contributed by atoms with van der Waals surface area (Å²) in [4.78, 5) is 8.22. The first-order valence-corrected chi connectivity index (χ1v) is 7.00. The quantitative estimate of drug-likeness (QED) is 0.898. The molecule has 0 saturated heterocycles. The van der Waals surface area contributed by atoms with Gasteiger partial charge < -0.3 is 10.2 Å². The molecule has 0 saturated carbocycles. The second-order valence-corrected chi connectivity index (χ2v) is 5.89. The number of rotatable bonds is 2. The van der Waals surface area contributed by atoms with Crippen molar-refractivity contribution in [1.82, 2.24) is 4.98 Å². The molecule has 0 radical (unpaired) electrons. The number of fused-ring (bicyclic) bond motifs is 1. The van der Waals surface area contributed by atoms with E-state index < -0.39 is 0 Å². The van der Waals surface area contributed by atoms with Crippen molar-refractivity contribution < 1.29 is 0 Å². The molecule has 0 atom stereocenters. The van der Waals surface area contributed by atoms with Crippen molar-refractivity contribution in [3.8, 4) is 11.3 Å². The molecule has 3 nitrogen and oxygen atoms in total. The fourth-order valence-corrected chi connectivity index (χ4v) is 3.27. The standard InChI is InChI=1S/C14H17N3S/c1-9-13(16-14(15-2)18-9)11-4-5-12-10(8-11)6-7-17(12)3/h4-5,8H,6-7H2,1-3H3,(H,15,16). The van der Waals surface area contributed by atoms with Gasteiger partial charge in [-0.25, -0.2) is 4.98 Å². The van der Waals surface area contributed by atoms with Crippen LogP contribution in [0.25, 0.3) is 11.3 Å². The number of aryl methyl sites for hydroxylation is 1. The third-order valence-corrected chi connectivity index (χ3v) is 4.48. The Kier molecular flexibility index (Phi) is 2.74. The van der Waals surface area contributed by atoms with Crippen molar-refractivity contribution in [3.05, 3.63) is 28.6 Å². The molecule has 2 heterocycles. The maximum absolute atomic E-state index is 4.64. The lowest BCUT2D eigenvalue weighted by Crippen LogP contribution is -2.12. The molecule has 0 aliphatic carbocycles. The number of benzene rings is 1. The van der Waals surface area contributed by atoms with Crippen molar-refractivity contribution in [2.75, 3.05) is 30.9 Å². The van der Waals surface area contributed by atoms with Crippen LogP contribution in [-0.2, 0) is 6.42 Å². The van der Waals surface area contributed by atoms with Gasteiger partial charge in [-0.3, -0.25) is 0 Å². The first-order chi connectivity index (χ1) is 8.69. The first kappa shape index (κ1) is 11.5. The second-order valence-electron chi connectivity index (χ2n) is 4.69. The highest BCUT2D eigenvalue weighted by molar-refractivity contribution is 7.15. The Bertz CT molecular complexity index is 589. The van der Waals surface area contributed by atoms with Gasteiger partial charge in [-0.05, 0) is 31.0 Å². The maximum Gasteiger partial charge on any atom is 0.183 e. The van der Waals surface area contributed by atoms with Gasteiger partial charge in [0.2, 0.25) is 0 Å². The van der Waals surface area contributed by atoms with Gasteiger partial charge in [-0.2, -0.15) is 0 Å². The molecule has 0 spiro atoms. The Hall–Kier alpha value is -1.55. The highest BCUT2D eigenvalue weighted by Gasteiger charge is 2.17. The van der Waals surface area contributed by atoms with Gasteiger partial charge in [-0.15, -0.1) is 11.3 Å². The third kappa shape index (κ3) is 1.77. The lowest BCUT2D eigenvalue weighted by Gasteiger charge is -2.11. The smallest absolute Gasteiger partial charge is 0.183 e. The lowest BCUT2D eigenvalue weighted by atomic mass is 10.1. The lowest BCUT2D eigenvalue weighted by molar-refractivity contribution is 0.956. The van der Waals surface area contributed by atoms with Gasteiger partial charge in [-0.1, -0.05) is 6.07 Å². The largest absolute Gasteiger partial charge is 0.374 e. The molecule has 0 fully saturated rings. The van der Waals surface area contributed by atoms with E-state index in [1.165, 1.54) is 21.7 Å². The summed E-state index contributed by atoms with van der Waals surface area (Å²) in [5.41, 5.74) is 5.15. The van der Waals surface area contributed by atoms with Crippen LogP contribution in [-0.4, -0.2) is 25.6 Å². The SMILES string of the molecule is CNc1nc(-c2ccc3c(c2)CCN3C)c(C)s1. The zero-order valence-electron chi connectivity index (χ0n) is 10.9. The zero-order valence-corrected chi connectivity index (χ0v) is 11.8. The molecule has 1 aliphatic rings. The minimum absolute atomic E-state index is 0.986. The number of nitrogens with one attached hydrogen (secondary N) is 1. The summed E-state index contributed by atoms with van der Waals surface area (Å²) >= 11 is 1.71. The van der Waals surface area contributed by atoms with E-state index in [2.05, 4.69) is 47.4 Å². The van der Waals surface area contributed by atoms with E-state index in [0.29, 0.717) is 0 Å². The van der Waals surface area contributed by atoms with E-state index in [1.807, 2.05) is 7.05 Å². The Balaban J connectivity index is 2.04. The molecule has 94 valence electrons. The van der Waals surface area contributed by atoms with Gasteiger partial charge in [0, 0.05) is 36.8 Å². The monoisotopic (exact) mass is 259 g/mol. The molecule has 4 heteroatoms. The van der Waals surface area contributed by atoms with Crippen molar-refractivity contribution in [3.63, 3.8) is 0 Å². The van der Waals surface area contributed by atoms with Crippen molar-refractivity contribution in [2.24, 2.45) is 0 Å². The fourth-order valence-electron chi connectivity index (χ4n) is 2.49. The number of thiazole rings is 1. The van der Waals surface area contributed by atoms with Crippen LogP contribution in [0.2, 0.25) is 0 Å². The number of aromatic nitrogens is 1. The van der Waals surface area contributed by atoms with Crippen molar-refractivity contribution in [1.29, 1.82) is 0 Å². The Morgan fingerprint density at radius 3 is 2.94 bits per heavy atom. The molecule has 2 aromatic rings. The summed E-state index contributed by atoms with van der Waals surface area (Å²) in [7, 11) is 4.07. The third-order valence-electron chi connectivity index (χ3n) is 3.49. The van der Waals surface area contributed by atoms with Gasteiger partial charge in [0.1, 0.15) is 0 Å². The van der Waals surface area contributed by atoms with Gasteiger partial charge in [0.25, 0.3) is 0 Å². The number of nitrogens with zero attached hydrogens (tertiary/aromatic N) is 2. The molecule has 1 aromatic heterocycles. The zero-order chi connectivity index (χ0) is 12.7. The molecular formula is C14H17N3S. The molecule has 1 aromatic carbocycles. The van der Waals surface area contributed by atoms with Gasteiger partial charge >= 0.3 is 0 Å². The van der Waals surface area contributed by atoms with Crippen LogP contribution in [0.4, 0.5) is 10.8 Å². The molecular weight excluding hydrogens is 242 g/mol. The van der Waals surface area contributed by atoms with Crippen LogP contribution < -0.4 is 10.2 Å². The molecule has 0 bridgehead atoms. The van der Waals surface area contributed by atoms with E-state index in [4.69, 9.17) is 0 Å². The number of hydrogen-bond acceptors (Lipinski definition) is 4. The van der Waals surface area contributed by atoms with Crippen LogP contribution in [0, 0.1) is 6.92 Å². The summed E-state index contributed by atoms with van der Waals surface area (Å²) in [5, 5.41) is 4.10. The molecule has 1 N–H and O–H groups in total. The molecule has 3 rings (SSSR count). The van der Waals surface area contributed by atoms with Crippen molar-refractivity contribution >= 4 is 22.2 Å². The normalized spacial score (nSPS) is 13.8. The van der Waals surface area contributed by atoms with Crippen molar-refractivity contribution in [2.45, 2.75) is 13.3 Å². The van der Waals surface area contributed by atoms with E-state index in [9.17, 15) is 0 Å². The average Bonchev–Trinajstić information content (AvgIpc) is 2.93. The van der Waals surface area contributed by atoms with E-state index in [1.54, 1.807) is 11.3 Å².